The highest BCUT2D eigenvalue weighted by atomic mass is 32.1. The lowest BCUT2D eigenvalue weighted by molar-refractivity contribution is 0.102. The Morgan fingerprint density at radius 2 is 1.96 bits per heavy atom. The van der Waals surface area contributed by atoms with Crippen LogP contribution in [0.1, 0.15) is 16.1 Å². The largest absolute Gasteiger partial charge is 0.384 e. The van der Waals surface area contributed by atoms with Crippen LogP contribution in [0.5, 0.6) is 0 Å². The van der Waals surface area contributed by atoms with E-state index in [4.69, 9.17) is 4.74 Å². The van der Waals surface area contributed by atoms with Gasteiger partial charge in [0, 0.05) is 23.7 Å². The van der Waals surface area contributed by atoms with E-state index in [0.717, 1.165) is 16.8 Å². The average Bonchev–Trinajstić information content (AvgIpc) is 3.12. The molecular formula is C19H17FN2O2S. The number of halogens is 1. The molecule has 1 aromatic heterocycles. The molecule has 0 aliphatic carbocycles. The quantitative estimate of drug-likeness (QED) is 0.713. The summed E-state index contributed by atoms with van der Waals surface area (Å²) in [5.74, 6) is -0.569. The Morgan fingerprint density at radius 1 is 1.20 bits per heavy atom. The van der Waals surface area contributed by atoms with Crippen molar-refractivity contribution in [2.24, 2.45) is 0 Å². The molecule has 1 heterocycles. The van der Waals surface area contributed by atoms with Crippen molar-refractivity contribution in [1.29, 1.82) is 0 Å². The highest BCUT2D eigenvalue weighted by Gasteiger charge is 2.13. The number of nitrogens with zero attached hydrogens (tertiary/aromatic N) is 1. The average molecular weight is 356 g/mol. The van der Waals surface area contributed by atoms with Gasteiger partial charge in [-0.3, -0.25) is 4.79 Å². The van der Waals surface area contributed by atoms with Crippen LogP contribution in [-0.4, -0.2) is 24.6 Å². The van der Waals surface area contributed by atoms with Crippen molar-refractivity contribution in [3.63, 3.8) is 0 Å². The maximum absolute atomic E-state index is 13.0. The summed E-state index contributed by atoms with van der Waals surface area (Å²) in [7, 11) is 1.65. The first-order chi connectivity index (χ1) is 12.2. The Balaban J connectivity index is 1.75. The monoisotopic (exact) mass is 356 g/mol. The fraction of sp³-hybridized carbons (Fsp3) is 0.158. The van der Waals surface area contributed by atoms with Crippen molar-refractivity contribution in [1.82, 2.24) is 4.98 Å². The molecule has 4 nitrogen and oxygen atoms in total. The molecule has 0 bridgehead atoms. The SMILES string of the molecule is COCCc1ccccc1NC(=O)c1csc(-c2ccc(F)cc2)n1. The molecule has 0 aliphatic rings. The van der Waals surface area contributed by atoms with Gasteiger partial charge in [-0.05, 0) is 42.3 Å². The summed E-state index contributed by atoms with van der Waals surface area (Å²) in [4.78, 5) is 16.8. The molecule has 0 atom stereocenters. The first-order valence-corrected chi connectivity index (χ1v) is 8.65. The molecular weight excluding hydrogens is 339 g/mol. The van der Waals surface area contributed by atoms with Crippen LogP contribution in [0.15, 0.2) is 53.9 Å². The number of carbonyl (C=O) groups excluding carboxylic acids is 1. The Morgan fingerprint density at radius 3 is 2.72 bits per heavy atom. The molecule has 0 radical (unpaired) electrons. The van der Waals surface area contributed by atoms with Crippen LogP contribution in [0.3, 0.4) is 0 Å². The standard InChI is InChI=1S/C19H17FN2O2S/c1-24-11-10-13-4-2-3-5-16(13)21-18(23)17-12-25-19(22-17)14-6-8-15(20)9-7-14/h2-9,12H,10-11H2,1H3,(H,21,23). The van der Waals surface area contributed by atoms with E-state index < -0.39 is 0 Å². The predicted octanol–water partition coefficient (Wildman–Crippen LogP) is 4.39. The number of amides is 1. The first-order valence-electron chi connectivity index (χ1n) is 7.77. The zero-order chi connectivity index (χ0) is 17.6. The predicted molar refractivity (Wildman–Crippen MR) is 97.5 cm³/mol. The van der Waals surface area contributed by atoms with Crippen LogP contribution in [0, 0.1) is 5.82 Å². The Bertz CT molecular complexity index is 862. The van der Waals surface area contributed by atoms with Crippen LogP contribution < -0.4 is 5.32 Å². The maximum Gasteiger partial charge on any atom is 0.275 e. The number of para-hydroxylation sites is 1. The first kappa shape index (κ1) is 17.3. The van der Waals surface area contributed by atoms with E-state index in [0.29, 0.717) is 23.7 Å². The van der Waals surface area contributed by atoms with Crippen LogP contribution >= 0.6 is 11.3 Å². The molecule has 1 N–H and O–H groups in total. The fourth-order valence-corrected chi connectivity index (χ4v) is 3.17. The van der Waals surface area contributed by atoms with Crippen molar-refractivity contribution in [3.8, 4) is 10.6 Å². The third kappa shape index (κ3) is 4.29. The van der Waals surface area contributed by atoms with Gasteiger partial charge in [0.05, 0.1) is 6.61 Å². The molecule has 0 spiro atoms. The van der Waals surface area contributed by atoms with Crippen molar-refractivity contribution >= 4 is 22.9 Å². The minimum atomic E-state index is -0.300. The summed E-state index contributed by atoms with van der Waals surface area (Å²) in [5.41, 5.74) is 2.88. The number of benzene rings is 2. The molecule has 3 aromatic rings. The molecule has 0 fully saturated rings. The molecule has 128 valence electrons. The van der Waals surface area contributed by atoms with Crippen molar-refractivity contribution in [2.75, 3.05) is 19.0 Å². The number of aromatic nitrogens is 1. The van der Waals surface area contributed by atoms with E-state index in [1.54, 1.807) is 24.6 Å². The van der Waals surface area contributed by atoms with Gasteiger partial charge in [-0.2, -0.15) is 0 Å². The summed E-state index contributed by atoms with van der Waals surface area (Å²) >= 11 is 1.35. The summed E-state index contributed by atoms with van der Waals surface area (Å²) in [6, 6.07) is 13.7. The topological polar surface area (TPSA) is 51.2 Å². The summed E-state index contributed by atoms with van der Waals surface area (Å²) in [6.07, 6.45) is 0.713. The Labute approximate surface area is 149 Å². The minimum absolute atomic E-state index is 0.269. The van der Waals surface area contributed by atoms with Crippen molar-refractivity contribution < 1.29 is 13.9 Å². The summed E-state index contributed by atoms with van der Waals surface area (Å²) < 4.78 is 18.1. The molecule has 1 amide bonds. The molecule has 0 saturated heterocycles. The minimum Gasteiger partial charge on any atom is -0.384 e. The third-order valence-electron chi connectivity index (χ3n) is 3.67. The van der Waals surface area contributed by atoms with Gasteiger partial charge in [-0.25, -0.2) is 9.37 Å². The van der Waals surface area contributed by atoms with Gasteiger partial charge in [-0.15, -0.1) is 11.3 Å². The number of carbonyl (C=O) groups is 1. The molecule has 6 heteroatoms. The number of thiazole rings is 1. The molecule has 3 rings (SSSR count). The third-order valence-corrected chi connectivity index (χ3v) is 4.56. The Hall–Kier alpha value is -2.57. The number of nitrogens with one attached hydrogen (secondary N) is 1. The van der Waals surface area contributed by atoms with Crippen LogP contribution in [0.4, 0.5) is 10.1 Å². The molecule has 2 aromatic carbocycles. The fourth-order valence-electron chi connectivity index (χ4n) is 2.36. The number of hydrogen-bond acceptors (Lipinski definition) is 4. The highest BCUT2D eigenvalue weighted by molar-refractivity contribution is 7.13. The van der Waals surface area contributed by atoms with E-state index in [1.807, 2.05) is 24.3 Å². The highest BCUT2D eigenvalue weighted by Crippen LogP contribution is 2.25. The van der Waals surface area contributed by atoms with Gasteiger partial charge in [0.1, 0.15) is 16.5 Å². The van der Waals surface area contributed by atoms with Gasteiger partial charge < -0.3 is 10.1 Å². The second-order valence-corrected chi connectivity index (χ2v) is 6.26. The maximum atomic E-state index is 13.0. The number of rotatable bonds is 6. The lowest BCUT2D eigenvalue weighted by Gasteiger charge is -2.09. The second kappa shape index (κ2) is 8.00. The smallest absolute Gasteiger partial charge is 0.275 e. The van der Waals surface area contributed by atoms with Gasteiger partial charge in [0.25, 0.3) is 5.91 Å². The molecule has 0 aliphatic heterocycles. The Kier molecular flexibility index (Phi) is 5.53. The van der Waals surface area contributed by atoms with Crippen molar-refractivity contribution in [2.45, 2.75) is 6.42 Å². The van der Waals surface area contributed by atoms with E-state index in [2.05, 4.69) is 10.3 Å². The molecule has 0 saturated carbocycles. The number of methoxy groups -OCH3 is 1. The van der Waals surface area contributed by atoms with E-state index in [-0.39, 0.29) is 11.7 Å². The number of hydrogen-bond donors (Lipinski definition) is 1. The zero-order valence-corrected chi connectivity index (χ0v) is 14.5. The van der Waals surface area contributed by atoms with Gasteiger partial charge >= 0.3 is 0 Å². The lowest BCUT2D eigenvalue weighted by atomic mass is 10.1. The number of ether oxygens (including phenoxy) is 1. The second-order valence-electron chi connectivity index (χ2n) is 5.40. The molecule has 0 unspecified atom stereocenters. The van der Waals surface area contributed by atoms with Crippen LogP contribution in [-0.2, 0) is 11.2 Å². The van der Waals surface area contributed by atoms with Gasteiger partial charge in [-0.1, -0.05) is 18.2 Å². The molecule has 25 heavy (non-hydrogen) atoms. The van der Waals surface area contributed by atoms with Gasteiger partial charge in [0.2, 0.25) is 0 Å². The summed E-state index contributed by atoms with van der Waals surface area (Å²) in [6.45, 7) is 0.582. The van der Waals surface area contributed by atoms with Crippen LogP contribution in [0.25, 0.3) is 10.6 Å². The lowest BCUT2D eigenvalue weighted by Crippen LogP contribution is -2.14. The van der Waals surface area contributed by atoms with Gasteiger partial charge in [0.15, 0.2) is 0 Å². The zero-order valence-electron chi connectivity index (χ0n) is 13.7. The van der Waals surface area contributed by atoms with E-state index in [1.165, 1.54) is 23.5 Å². The van der Waals surface area contributed by atoms with E-state index in [9.17, 15) is 9.18 Å². The van der Waals surface area contributed by atoms with Crippen LogP contribution in [0.2, 0.25) is 0 Å². The number of anilines is 1. The summed E-state index contributed by atoms with van der Waals surface area (Å²) in [5, 5.41) is 5.28. The normalized spacial score (nSPS) is 10.6. The van der Waals surface area contributed by atoms with E-state index >= 15 is 0 Å². The van der Waals surface area contributed by atoms with Crippen molar-refractivity contribution in [3.05, 3.63) is 71.0 Å².